The molecule has 0 heterocycles. The minimum Gasteiger partial charge on any atom is -0.0616 e. The van der Waals surface area contributed by atoms with E-state index < -0.39 is 0 Å². The molecule has 6 aromatic rings. The van der Waals surface area contributed by atoms with Crippen molar-refractivity contribution in [2.75, 3.05) is 0 Å². The fraction of sp³-hybridized carbons (Fsp3) is 0. The third-order valence-corrected chi connectivity index (χ3v) is 6.84. The molecular formula is C30H19Br. The third kappa shape index (κ3) is 2.97. The first-order chi connectivity index (χ1) is 15.3. The van der Waals surface area contributed by atoms with E-state index in [9.17, 15) is 0 Å². The lowest BCUT2D eigenvalue weighted by molar-refractivity contribution is 1.64. The van der Waals surface area contributed by atoms with Crippen LogP contribution in [0.4, 0.5) is 0 Å². The van der Waals surface area contributed by atoms with Crippen LogP contribution in [0.5, 0.6) is 0 Å². The highest BCUT2D eigenvalue weighted by Gasteiger charge is 2.15. The lowest BCUT2D eigenvalue weighted by atomic mass is 9.88. The topological polar surface area (TPSA) is 0 Å². The molecule has 0 aliphatic heterocycles. The van der Waals surface area contributed by atoms with E-state index in [0.717, 1.165) is 4.47 Å². The Balaban J connectivity index is 1.77. The molecule has 0 fully saturated rings. The molecule has 0 aromatic heterocycles. The molecule has 0 atom stereocenters. The Morgan fingerprint density at radius 3 is 1.45 bits per heavy atom. The van der Waals surface area contributed by atoms with Crippen molar-refractivity contribution in [2.24, 2.45) is 0 Å². The van der Waals surface area contributed by atoms with Gasteiger partial charge < -0.3 is 0 Å². The van der Waals surface area contributed by atoms with Crippen molar-refractivity contribution in [3.63, 3.8) is 0 Å². The van der Waals surface area contributed by atoms with Gasteiger partial charge in [-0.05, 0) is 60.6 Å². The average molecular weight is 459 g/mol. The van der Waals surface area contributed by atoms with Crippen LogP contribution in [0.1, 0.15) is 0 Å². The molecule has 0 bridgehead atoms. The smallest absolute Gasteiger partial charge is 0.0254 e. The van der Waals surface area contributed by atoms with Gasteiger partial charge in [-0.15, -0.1) is 0 Å². The van der Waals surface area contributed by atoms with E-state index in [1.807, 2.05) is 0 Å². The predicted octanol–water partition coefficient (Wildman–Crippen LogP) is 9.24. The summed E-state index contributed by atoms with van der Waals surface area (Å²) in [5.41, 5.74) is 5.06. The van der Waals surface area contributed by atoms with Crippen LogP contribution in [0.15, 0.2) is 120 Å². The van der Waals surface area contributed by atoms with E-state index in [-0.39, 0.29) is 0 Å². The van der Waals surface area contributed by atoms with Crippen molar-refractivity contribution < 1.29 is 0 Å². The van der Waals surface area contributed by atoms with Crippen molar-refractivity contribution in [1.82, 2.24) is 0 Å². The Morgan fingerprint density at radius 1 is 0.355 bits per heavy atom. The van der Waals surface area contributed by atoms with Crippen LogP contribution in [0.25, 0.3) is 54.6 Å². The maximum absolute atomic E-state index is 3.81. The maximum atomic E-state index is 3.81. The molecule has 0 aliphatic rings. The quantitative estimate of drug-likeness (QED) is 0.242. The van der Waals surface area contributed by atoms with Crippen LogP contribution in [0.3, 0.4) is 0 Å². The van der Waals surface area contributed by atoms with Crippen molar-refractivity contribution in [2.45, 2.75) is 0 Å². The second-order valence-corrected chi connectivity index (χ2v) is 8.73. The summed E-state index contributed by atoms with van der Waals surface area (Å²) in [6, 6.07) is 41.5. The van der Waals surface area contributed by atoms with Gasteiger partial charge in [-0.25, -0.2) is 0 Å². The molecule has 0 unspecified atom stereocenters. The summed E-state index contributed by atoms with van der Waals surface area (Å²) in [7, 11) is 0. The Bertz CT molecular complexity index is 1500. The van der Waals surface area contributed by atoms with Crippen LogP contribution in [-0.4, -0.2) is 0 Å². The molecule has 0 saturated carbocycles. The number of benzene rings is 6. The zero-order valence-electron chi connectivity index (χ0n) is 16.8. The largest absolute Gasteiger partial charge is 0.0616 e. The summed E-state index contributed by atoms with van der Waals surface area (Å²) >= 11 is 3.81. The van der Waals surface area contributed by atoms with Gasteiger partial charge in [0.2, 0.25) is 0 Å². The van der Waals surface area contributed by atoms with E-state index >= 15 is 0 Å². The normalized spacial score (nSPS) is 11.4. The summed E-state index contributed by atoms with van der Waals surface area (Å²) in [5.74, 6) is 0. The fourth-order valence-electron chi connectivity index (χ4n) is 4.74. The monoisotopic (exact) mass is 458 g/mol. The molecule has 6 aromatic carbocycles. The number of halogens is 1. The second-order valence-electron chi connectivity index (χ2n) is 7.88. The molecule has 0 radical (unpaired) electrons. The molecule has 0 amide bonds. The van der Waals surface area contributed by atoms with Gasteiger partial charge in [-0.3, -0.25) is 0 Å². The van der Waals surface area contributed by atoms with Crippen molar-refractivity contribution in [3.05, 3.63) is 120 Å². The molecule has 31 heavy (non-hydrogen) atoms. The molecular weight excluding hydrogens is 440 g/mol. The van der Waals surface area contributed by atoms with Crippen LogP contribution in [0, 0.1) is 0 Å². The molecule has 146 valence electrons. The Kier molecular flexibility index (Phi) is 4.36. The van der Waals surface area contributed by atoms with Gasteiger partial charge in [0, 0.05) is 4.47 Å². The molecule has 6 rings (SSSR count). The van der Waals surface area contributed by atoms with Crippen LogP contribution >= 0.6 is 15.9 Å². The molecule has 0 aliphatic carbocycles. The lowest BCUT2D eigenvalue weighted by Crippen LogP contribution is -1.89. The van der Waals surface area contributed by atoms with E-state index in [1.165, 1.54) is 54.6 Å². The van der Waals surface area contributed by atoms with Crippen molar-refractivity contribution in [1.29, 1.82) is 0 Å². The van der Waals surface area contributed by atoms with E-state index in [4.69, 9.17) is 0 Å². The van der Waals surface area contributed by atoms with Crippen LogP contribution < -0.4 is 0 Å². The minimum atomic E-state index is 1.12. The van der Waals surface area contributed by atoms with Crippen LogP contribution in [-0.2, 0) is 0 Å². The first-order valence-electron chi connectivity index (χ1n) is 10.5. The predicted molar refractivity (Wildman–Crippen MR) is 138 cm³/mol. The Hall–Kier alpha value is -3.42. The molecule has 0 spiro atoms. The average Bonchev–Trinajstić information content (AvgIpc) is 2.83. The highest BCUT2D eigenvalue weighted by Crippen LogP contribution is 2.43. The van der Waals surface area contributed by atoms with E-state index in [0.29, 0.717) is 0 Å². The van der Waals surface area contributed by atoms with Gasteiger partial charge in [0.05, 0.1) is 0 Å². The zero-order valence-corrected chi connectivity index (χ0v) is 18.4. The Morgan fingerprint density at radius 2 is 0.806 bits per heavy atom. The van der Waals surface area contributed by atoms with Gasteiger partial charge in [-0.1, -0.05) is 125 Å². The van der Waals surface area contributed by atoms with Gasteiger partial charge >= 0.3 is 0 Å². The minimum absolute atomic E-state index is 1.12. The molecule has 1 heteroatoms. The van der Waals surface area contributed by atoms with E-state index in [1.54, 1.807) is 0 Å². The highest BCUT2D eigenvalue weighted by molar-refractivity contribution is 9.10. The number of fused-ring (bicyclic) bond motifs is 3. The summed E-state index contributed by atoms with van der Waals surface area (Å²) in [4.78, 5) is 0. The number of hydrogen-bond acceptors (Lipinski definition) is 0. The molecule has 0 nitrogen and oxygen atoms in total. The maximum Gasteiger partial charge on any atom is 0.0254 e. The third-order valence-electron chi connectivity index (χ3n) is 6.15. The summed E-state index contributed by atoms with van der Waals surface area (Å²) < 4.78 is 1.12. The number of rotatable bonds is 2. The second kappa shape index (κ2) is 7.37. The van der Waals surface area contributed by atoms with Crippen molar-refractivity contribution >= 4 is 48.2 Å². The van der Waals surface area contributed by atoms with Crippen LogP contribution in [0.2, 0.25) is 0 Å². The SMILES string of the molecule is Brc1ccc(-c2cccc3ccccc23)c2c(-c3cccc4ccccc34)cccc12. The van der Waals surface area contributed by atoms with Gasteiger partial charge in [-0.2, -0.15) is 0 Å². The summed E-state index contributed by atoms with van der Waals surface area (Å²) in [5, 5.41) is 7.60. The first-order valence-corrected chi connectivity index (χ1v) is 11.3. The lowest BCUT2D eigenvalue weighted by Gasteiger charge is -2.16. The number of hydrogen-bond donors (Lipinski definition) is 0. The standard InChI is InChI=1S/C30H19Br/c31-29-19-18-27(25-15-6-11-21-9-2-4-13-23(21)25)30-26(16-7-17-28(29)30)24-14-5-10-20-8-1-3-12-22(20)24/h1-19H. The van der Waals surface area contributed by atoms with Gasteiger partial charge in [0.15, 0.2) is 0 Å². The highest BCUT2D eigenvalue weighted by atomic mass is 79.9. The summed E-state index contributed by atoms with van der Waals surface area (Å²) in [6.07, 6.45) is 0. The van der Waals surface area contributed by atoms with Crippen molar-refractivity contribution in [3.8, 4) is 22.3 Å². The molecule has 0 N–H and O–H groups in total. The van der Waals surface area contributed by atoms with E-state index in [2.05, 4.69) is 131 Å². The first kappa shape index (κ1) is 18.4. The zero-order chi connectivity index (χ0) is 20.8. The van der Waals surface area contributed by atoms with Gasteiger partial charge in [0.25, 0.3) is 0 Å². The Labute approximate surface area is 189 Å². The van der Waals surface area contributed by atoms with Gasteiger partial charge in [0.1, 0.15) is 0 Å². The summed E-state index contributed by atoms with van der Waals surface area (Å²) in [6.45, 7) is 0. The molecule has 0 saturated heterocycles. The fourth-order valence-corrected chi connectivity index (χ4v) is 5.20.